The fraction of sp³-hybridized carbons (Fsp3) is 0.400. The lowest BCUT2D eigenvalue weighted by atomic mass is 9.74. The Morgan fingerprint density at radius 3 is 2.57 bits per heavy atom. The highest BCUT2D eigenvalue weighted by molar-refractivity contribution is 5.40. The van der Waals surface area contributed by atoms with Crippen molar-refractivity contribution < 1.29 is 0 Å². The third kappa shape index (κ3) is 3.36. The molecule has 21 heavy (non-hydrogen) atoms. The van der Waals surface area contributed by atoms with Crippen molar-refractivity contribution in [2.24, 2.45) is 0 Å². The fourth-order valence-corrected chi connectivity index (χ4v) is 3.45. The van der Waals surface area contributed by atoms with E-state index in [0.29, 0.717) is 6.04 Å². The first-order valence-electron chi connectivity index (χ1n) is 8.13. The lowest BCUT2D eigenvalue weighted by molar-refractivity contribution is 0.422. The van der Waals surface area contributed by atoms with Gasteiger partial charge < -0.3 is 5.32 Å². The van der Waals surface area contributed by atoms with Crippen molar-refractivity contribution in [1.82, 2.24) is 5.32 Å². The molecule has 0 aliphatic heterocycles. The van der Waals surface area contributed by atoms with Gasteiger partial charge in [0.2, 0.25) is 0 Å². The van der Waals surface area contributed by atoms with Gasteiger partial charge in [0.25, 0.3) is 0 Å². The zero-order chi connectivity index (χ0) is 14.7. The standard InChI is InChI=1S/C20H25N/c1-3-21-19(12-16-10-8-15(2)9-11-16)14-18-13-17-6-4-5-7-20(17)18/h4-11,18-19,21H,3,12-14H2,1-2H3. The van der Waals surface area contributed by atoms with Crippen molar-refractivity contribution in [2.45, 2.75) is 45.1 Å². The number of nitrogens with one attached hydrogen (secondary N) is 1. The topological polar surface area (TPSA) is 12.0 Å². The van der Waals surface area contributed by atoms with Gasteiger partial charge in [0.05, 0.1) is 0 Å². The molecule has 0 saturated heterocycles. The summed E-state index contributed by atoms with van der Waals surface area (Å²) in [5, 5.41) is 3.68. The summed E-state index contributed by atoms with van der Waals surface area (Å²) in [5.74, 6) is 0.746. The summed E-state index contributed by atoms with van der Waals surface area (Å²) in [6.07, 6.45) is 3.64. The minimum absolute atomic E-state index is 0.580. The summed E-state index contributed by atoms with van der Waals surface area (Å²) < 4.78 is 0. The van der Waals surface area contributed by atoms with Gasteiger partial charge in [-0.1, -0.05) is 61.0 Å². The number of hydrogen-bond donors (Lipinski definition) is 1. The Morgan fingerprint density at radius 2 is 1.86 bits per heavy atom. The second kappa shape index (κ2) is 6.44. The van der Waals surface area contributed by atoms with Crippen LogP contribution < -0.4 is 5.32 Å². The van der Waals surface area contributed by atoms with E-state index in [4.69, 9.17) is 0 Å². The summed E-state index contributed by atoms with van der Waals surface area (Å²) >= 11 is 0. The molecule has 110 valence electrons. The highest BCUT2D eigenvalue weighted by Gasteiger charge is 2.27. The van der Waals surface area contributed by atoms with Gasteiger partial charge in [-0.15, -0.1) is 0 Å². The normalized spacial score (nSPS) is 17.9. The van der Waals surface area contributed by atoms with Crippen molar-refractivity contribution in [2.75, 3.05) is 6.54 Å². The maximum atomic E-state index is 3.68. The summed E-state index contributed by atoms with van der Waals surface area (Å²) in [6.45, 7) is 5.40. The molecule has 0 radical (unpaired) electrons. The summed E-state index contributed by atoms with van der Waals surface area (Å²) in [6, 6.07) is 18.5. The van der Waals surface area contributed by atoms with Gasteiger partial charge in [-0.25, -0.2) is 0 Å². The Bertz CT molecular complexity index is 585. The molecule has 2 atom stereocenters. The van der Waals surface area contributed by atoms with Gasteiger partial charge >= 0.3 is 0 Å². The molecule has 2 unspecified atom stereocenters. The SMILES string of the molecule is CCNC(Cc1ccc(C)cc1)CC1Cc2ccccc21. The number of hydrogen-bond acceptors (Lipinski definition) is 1. The second-order valence-corrected chi connectivity index (χ2v) is 6.28. The molecule has 2 aromatic rings. The number of rotatable bonds is 6. The number of likely N-dealkylation sites (N-methyl/N-ethyl adjacent to an activating group) is 1. The smallest absolute Gasteiger partial charge is 0.0113 e. The summed E-state index contributed by atoms with van der Waals surface area (Å²) in [7, 11) is 0. The van der Waals surface area contributed by atoms with E-state index >= 15 is 0 Å². The Labute approximate surface area is 128 Å². The van der Waals surface area contributed by atoms with E-state index in [1.807, 2.05) is 0 Å². The number of benzene rings is 2. The zero-order valence-corrected chi connectivity index (χ0v) is 13.1. The van der Waals surface area contributed by atoms with E-state index < -0.39 is 0 Å². The monoisotopic (exact) mass is 279 g/mol. The molecule has 1 N–H and O–H groups in total. The molecule has 1 aliphatic rings. The molecular weight excluding hydrogens is 254 g/mol. The predicted molar refractivity (Wildman–Crippen MR) is 89.9 cm³/mol. The minimum atomic E-state index is 0.580. The maximum absolute atomic E-state index is 3.68. The largest absolute Gasteiger partial charge is 0.314 e. The first-order chi connectivity index (χ1) is 10.3. The molecule has 1 heteroatoms. The van der Waals surface area contributed by atoms with E-state index in [1.165, 1.54) is 24.0 Å². The van der Waals surface area contributed by atoms with Crippen LogP contribution in [0.1, 0.15) is 41.5 Å². The molecular formula is C20H25N. The van der Waals surface area contributed by atoms with Crippen molar-refractivity contribution in [3.05, 3.63) is 70.8 Å². The number of fused-ring (bicyclic) bond motifs is 1. The molecule has 0 spiro atoms. The van der Waals surface area contributed by atoms with Crippen LogP contribution in [0.4, 0.5) is 0 Å². The zero-order valence-electron chi connectivity index (χ0n) is 13.1. The van der Waals surface area contributed by atoms with E-state index in [-0.39, 0.29) is 0 Å². The lowest BCUT2D eigenvalue weighted by Gasteiger charge is -2.33. The Balaban J connectivity index is 1.64. The van der Waals surface area contributed by atoms with Gasteiger partial charge in [0, 0.05) is 6.04 Å². The fourth-order valence-electron chi connectivity index (χ4n) is 3.45. The molecule has 0 saturated carbocycles. The lowest BCUT2D eigenvalue weighted by Crippen LogP contribution is -2.35. The molecule has 2 aromatic carbocycles. The van der Waals surface area contributed by atoms with E-state index in [9.17, 15) is 0 Å². The summed E-state index contributed by atoms with van der Waals surface area (Å²) in [5.41, 5.74) is 5.91. The Kier molecular flexibility index (Phi) is 4.40. The quantitative estimate of drug-likeness (QED) is 0.833. The van der Waals surface area contributed by atoms with Gasteiger partial charge in [-0.2, -0.15) is 0 Å². The third-order valence-electron chi connectivity index (χ3n) is 4.63. The van der Waals surface area contributed by atoms with Gasteiger partial charge in [-0.3, -0.25) is 0 Å². The van der Waals surface area contributed by atoms with Gasteiger partial charge in [-0.05, 0) is 55.3 Å². The van der Waals surface area contributed by atoms with Crippen molar-refractivity contribution in [3.8, 4) is 0 Å². The molecule has 0 fully saturated rings. The van der Waals surface area contributed by atoms with Gasteiger partial charge in [0.1, 0.15) is 0 Å². The predicted octanol–water partition coefficient (Wildman–Crippen LogP) is 4.25. The molecule has 1 aliphatic carbocycles. The molecule has 0 heterocycles. The first kappa shape index (κ1) is 14.3. The minimum Gasteiger partial charge on any atom is -0.314 e. The highest BCUT2D eigenvalue weighted by Crippen LogP contribution is 2.38. The van der Waals surface area contributed by atoms with E-state index in [1.54, 1.807) is 11.1 Å². The van der Waals surface area contributed by atoms with Crippen LogP contribution in [0, 0.1) is 6.92 Å². The van der Waals surface area contributed by atoms with E-state index in [2.05, 4.69) is 67.7 Å². The second-order valence-electron chi connectivity index (χ2n) is 6.28. The summed E-state index contributed by atoms with van der Waals surface area (Å²) in [4.78, 5) is 0. The van der Waals surface area contributed by atoms with Crippen LogP contribution in [0.5, 0.6) is 0 Å². The molecule has 0 amide bonds. The van der Waals surface area contributed by atoms with Crippen LogP contribution >= 0.6 is 0 Å². The van der Waals surface area contributed by atoms with Crippen LogP contribution in [0.15, 0.2) is 48.5 Å². The number of aryl methyl sites for hydroxylation is 1. The molecule has 1 nitrogen and oxygen atoms in total. The molecule has 0 aromatic heterocycles. The van der Waals surface area contributed by atoms with Gasteiger partial charge in [0.15, 0.2) is 0 Å². The van der Waals surface area contributed by atoms with Crippen LogP contribution in [0.3, 0.4) is 0 Å². The van der Waals surface area contributed by atoms with Crippen LogP contribution in [0.25, 0.3) is 0 Å². The third-order valence-corrected chi connectivity index (χ3v) is 4.63. The van der Waals surface area contributed by atoms with Crippen molar-refractivity contribution in [3.63, 3.8) is 0 Å². The maximum Gasteiger partial charge on any atom is 0.0113 e. The van der Waals surface area contributed by atoms with Crippen LogP contribution in [-0.2, 0) is 12.8 Å². The van der Waals surface area contributed by atoms with E-state index in [0.717, 1.165) is 18.9 Å². The average molecular weight is 279 g/mol. The highest BCUT2D eigenvalue weighted by atomic mass is 14.9. The Hall–Kier alpha value is -1.60. The van der Waals surface area contributed by atoms with Crippen LogP contribution in [0.2, 0.25) is 0 Å². The first-order valence-corrected chi connectivity index (χ1v) is 8.13. The van der Waals surface area contributed by atoms with Crippen LogP contribution in [-0.4, -0.2) is 12.6 Å². The van der Waals surface area contributed by atoms with Crippen molar-refractivity contribution in [1.29, 1.82) is 0 Å². The molecule has 0 bridgehead atoms. The van der Waals surface area contributed by atoms with Crippen molar-refractivity contribution >= 4 is 0 Å². The Morgan fingerprint density at radius 1 is 1.10 bits per heavy atom. The molecule has 3 rings (SSSR count). The average Bonchev–Trinajstić information content (AvgIpc) is 2.47.